The molecule has 0 bridgehead atoms. The summed E-state index contributed by atoms with van der Waals surface area (Å²) in [5.41, 5.74) is -1.35. The van der Waals surface area contributed by atoms with E-state index in [1.807, 2.05) is 0 Å². The number of nitrogens with one attached hydrogen (secondary N) is 1. The molecule has 1 heterocycles. The van der Waals surface area contributed by atoms with Crippen molar-refractivity contribution in [3.63, 3.8) is 0 Å². The van der Waals surface area contributed by atoms with Crippen LogP contribution in [0.1, 0.15) is 30.4 Å². The van der Waals surface area contributed by atoms with Gasteiger partial charge in [0.25, 0.3) is 0 Å². The molecule has 2 amide bonds. The Kier molecular flexibility index (Phi) is 4.13. The van der Waals surface area contributed by atoms with Gasteiger partial charge in [-0.05, 0) is 37.5 Å². The second-order valence-electron chi connectivity index (χ2n) is 6.00. The third kappa shape index (κ3) is 2.80. The standard InChI is InChI=1S/C16H16F3N3O2/c1-24-11-4-5-13-14(7-11)22(15(23)21-13)10-3-2-9(8-20)12(6-10)16(17,18)19/h2-3,6,11,13-14H,4-5,7H2,1H3,(H,21,23). The summed E-state index contributed by atoms with van der Waals surface area (Å²) in [4.78, 5) is 13.6. The van der Waals surface area contributed by atoms with Crippen LogP contribution in [-0.4, -0.2) is 31.3 Å². The van der Waals surface area contributed by atoms with E-state index >= 15 is 0 Å². The number of carbonyl (C=O) groups excluding carboxylic acids is 1. The predicted octanol–water partition coefficient (Wildman–Crippen LogP) is 3.04. The van der Waals surface area contributed by atoms with Crippen LogP contribution < -0.4 is 10.2 Å². The minimum Gasteiger partial charge on any atom is -0.381 e. The van der Waals surface area contributed by atoms with Crippen LogP contribution in [0.15, 0.2) is 18.2 Å². The zero-order chi connectivity index (χ0) is 17.5. The number of halogens is 3. The quantitative estimate of drug-likeness (QED) is 0.901. The van der Waals surface area contributed by atoms with E-state index in [4.69, 9.17) is 10.00 Å². The van der Waals surface area contributed by atoms with Gasteiger partial charge < -0.3 is 10.1 Å². The Morgan fingerprint density at radius 3 is 2.75 bits per heavy atom. The van der Waals surface area contributed by atoms with E-state index in [1.165, 1.54) is 11.0 Å². The van der Waals surface area contributed by atoms with E-state index in [1.54, 1.807) is 13.2 Å². The third-order valence-electron chi connectivity index (χ3n) is 4.67. The molecule has 128 valence electrons. The second-order valence-corrected chi connectivity index (χ2v) is 6.00. The summed E-state index contributed by atoms with van der Waals surface area (Å²) in [5, 5.41) is 11.7. The van der Waals surface area contributed by atoms with Crippen LogP contribution in [-0.2, 0) is 10.9 Å². The fraction of sp³-hybridized carbons (Fsp3) is 0.500. The Morgan fingerprint density at radius 1 is 1.38 bits per heavy atom. The lowest BCUT2D eigenvalue weighted by atomic mass is 9.88. The molecular formula is C16H16F3N3O2. The molecule has 1 aromatic carbocycles. The van der Waals surface area contributed by atoms with Crippen molar-refractivity contribution < 1.29 is 22.7 Å². The number of anilines is 1. The Hall–Kier alpha value is -2.27. The molecule has 24 heavy (non-hydrogen) atoms. The maximum absolute atomic E-state index is 13.2. The number of urea groups is 1. The van der Waals surface area contributed by atoms with Crippen molar-refractivity contribution in [1.29, 1.82) is 5.26 Å². The normalized spacial score (nSPS) is 26.7. The van der Waals surface area contributed by atoms with Crippen LogP contribution >= 0.6 is 0 Å². The number of benzene rings is 1. The smallest absolute Gasteiger partial charge is 0.381 e. The number of hydrogen-bond donors (Lipinski definition) is 1. The predicted molar refractivity (Wildman–Crippen MR) is 79.4 cm³/mol. The van der Waals surface area contributed by atoms with Gasteiger partial charge in [-0.25, -0.2) is 4.79 Å². The van der Waals surface area contributed by atoms with E-state index in [-0.39, 0.29) is 23.9 Å². The summed E-state index contributed by atoms with van der Waals surface area (Å²) in [7, 11) is 1.59. The largest absolute Gasteiger partial charge is 0.417 e. The first-order valence-corrected chi connectivity index (χ1v) is 7.59. The summed E-state index contributed by atoms with van der Waals surface area (Å²) in [6.07, 6.45) is -2.61. The maximum Gasteiger partial charge on any atom is 0.417 e. The van der Waals surface area contributed by atoms with Crippen molar-refractivity contribution in [3.8, 4) is 6.07 Å². The molecule has 5 nitrogen and oxygen atoms in total. The van der Waals surface area contributed by atoms with Crippen LogP contribution in [0.4, 0.5) is 23.7 Å². The SMILES string of the molecule is COC1CCC2NC(=O)N(c3ccc(C#N)c(C(F)(F)F)c3)C2C1. The Morgan fingerprint density at radius 2 is 2.12 bits per heavy atom. The van der Waals surface area contributed by atoms with Crippen LogP contribution in [0.5, 0.6) is 0 Å². The summed E-state index contributed by atoms with van der Waals surface area (Å²) >= 11 is 0. The first-order chi connectivity index (χ1) is 11.3. The van der Waals surface area contributed by atoms with Gasteiger partial charge in [0, 0.05) is 12.8 Å². The summed E-state index contributed by atoms with van der Waals surface area (Å²) < 4.78 is 44.8. The van der Waals surface area contributed by atoms with Crippen LogP contribution in [0.2, 0.25) is 0 Å². The molecule has 1 saturated heterocycles. The number of hydrogen-bond acceptors (Lipinski definition) is 3. The van der Waals surface area contributed by atoms with Gasteiger partial charge in [-0.1, -0.05) is 0 Å². The average molecular weight is 339 g/mol. The number of rotatable bonds is 2. The molecule has 2 aliphatic rings. The Balaban J connectivity index is 1.98. The zero-order valence-corrected chi connectivity index (χ0v) is 12.9. The Bertz CT molecular complexity index is 699. The molecule has 0 radical (unpaired) electrons. The number of carbonyl (C=O) groups is 1. The minimum absolute atomic E-state index is 0.0260. The van der Waals surface area contributed by atoms with E-state index in [0.717, 1.165) is 18.6 Å². The van der Waals surface area contributed by atoms with Gasteiger partial charge in [-0.2, -0.15) is 18.4 Å². The van der Waals surface area contributed by atoms with Crippen LogP contribution in [0.25, 0.3) is 0 Å². The third-order valence-corrected chi connectivity index (χ3v) is 4.67. The molecule has 2 fully saturated rings. The first kappa shape index (κ1) is 16.6. The number of methoxy groups -OCH3 is 1. The monoisotopic (exact) mass is 339 g/mol. The molecule has 8 heteroatoms. The molecule has 1 aromatic rings. The number of fused-ring (bicyclic) bond motifs is 1. The fourth-order valence-electron chi connectivity index (χ4n) is 3.48. The van der Waals surface area contributed by atoms with Crippen molar-refractivity contribution in [1.82, 2.24) is 5.32 Å². The second kappa shape index (κ2) is 5.98. The van der Waals surface area contributed by atoms with E-state index in [0.29, 0.717) is 12.8 Å². The van der Waals surface area contributed by atoms with Crippen molar-refractivity contribution >= 4 is 11.7 Å². The number of amides is 2. The van der Waals surface area contributed by atoms with Gasteiger partial charge in [0.05, 0.1) is 35.4 Å². The highest BCUT2D eigenvalue weighted by Gasteiger charge is 2.44. The fourth-order valence-corrected chi connectivity index (χ4v) is 3.48. The Labute approximate surface area is 137 Å². The lowest BCUT2D eigenvalue weighted by Gasteiger charge is -2.34. The van der Waals surface area contributed by atoms with Gasteiger partial charge in [0.2, 0.25) is 0 Å². The molecule has 0 spiro atoms. The van der Waals surface area contributed by atoms with E-state index < -0.39 is 23.3 Å². The summed E-state index contributed by atoms with van der Waals surface area (Å²) in [6, 6.07) is 4.13. The molecule has 3 rings (SSSR count). The number of nitriles is 1. The average Bonchev–Trinajstić information content (AvgIpc) is 2.88. The molecule has 3 unspecified atom stereocenters. The van der Waals surface area contributed by atoms with Gasteiger partial charge in [0.15, 0.2) is 0 Å². The van der Waals surface area contributed by atoms with Gasteiger partial charge in [-0.15, -0.1) is 0 Å². The van der Waals surface area contributed by atoms with Crippen LogP contribution in [0.3, 0.4) is 0 Å². The number of nitrogens with zero attached hydrogens (tertiary/aromatic N) is 2. The lowest BCUT2D eigenvalue weighted by molar-refractivity contribution is -0.137. The van der Waals surface area contributed by atoms with Crippen molar-refractivity contribution in [3.05, 3.63) is 29.3 Å². The lowest BCUT2D eigenvalue weighted by Crippen LogP contribution is -2.44. The minimum atomic E-state index is -4.65. The maximum atomic E-state index is 13.2. The molecular weight excluding hydrogens is 323 g/mol. The zero-order valence-electron chi connectivity index (χ0n) is 12.9. The van der Waals surface area contributed by atoms with Crippen molar-refractivity contribution in [2.24, 2.45) is 0 Å². The number of alkyl halides is 3. The van der Waals surface area contributed by atoms with E-state index in [9.17, 15) is 18.0 Å². The summed E-state index contributed by atoms with van der Waals surface area (Å²) in [6.45, 7) is 0. The highest BCUT2D eigenvalue weighted by Crippen LogP contribution is 2.38. The highest BCUT2D eigenvalue weighted by molar-refractivity contribution is 5.95. The van der Waals surface area contributed by atoms with Gasteiger partial charge >= 0.3 is 12.2 Å². The van der Waals surface area contributed by atoms with Gasteiger partial charge in [0.1, 0.15) is 0 Å². The van der Waals surface area contributed by atoms with Crippen molar-refractivity contribution in [2.45, 2.75) is 43.6 Å². The van der Waals surface area contributed by atoms with Gasteiger partial charge in [-0.3, -0.25) is 4.90 Å². The molecule has 1 aliphatic heterocycles. The number of ether oxygens (including phenoxy) is 1. The first-order valence-electron chi connectivity index (χ1n) is 7.59. The highest BCUT2D eigenvalue weighted by atomic mass is 19.4. The summed E-state index contributed by atoms with van der Waals surface area (Å²) in [5.74, 6) is 0. The van der Waals surface area contributed by atoms with E-state index in [2.05, 4.69) is 5.32 Å². The molecule has 3 atom stereocenters. The van der Waals surface area contributed by atoms with Crippen molar-refractivity contribution in [2.75, 3.05) is 12.0 Å². The van der Waals surface area contributed by atoms with Crippen LogP contribution in [0, 0.1) is 11.3 Å². The molecule has 1 aliphatic carbocycles. The molecule has 1 N–H and O–H groups in total. The molecule has 1 saturated carbocycles. The topological polar surface area (TPSA) is 65.4 Å². The molecule has 0 aromatic heterocycles.